The predicted octanol–water partition coefficient (Wildman–Crippen LogP) is 4.13. The molecule has 7 heteroatoms. The van der Waals surface area contributed by atoms with Gasteiger partial charge in [0.25, 0.3) is 0 Å². The van der Waals surface area contributed by atoms with E-state index in [1.807, 2.05) is 12.1 Å². The van der Waals surface area contributed by atoms with Gasteiger partial charge in [0.05, 0.1) is 17.8 Å². The standard InChI is InChI=1S/C25H33ClN2O3.ClH/c26-19-5-3-17(4-6-19)21-12-22(21)24(29)28-9-7-18-11-20(31-23(18)14-28)13-27-15-25(16-27)8-1-2-10-30-25;/h3-6,18,20-23H,1-2,7-16H2;1H/t18-,20?,21?,22?,23-;/m0./s1. The molecule has 1 spiro atoms. The third-order valence-electron chi connectivity index (χ3n) is 8.27. The number of hydrogen-bond acceptors (Lipinski definition) is 4. The van der Waals surface area contributed by atoms with Gasteiger partial charge in [-0.15, -0.1) is 12.4 Å². The Balaban J connectivity index is 0.00000216. The Hall–Kier alpha value is -0.850. The first-order valence-electron chi connectivity index (χ1n) is 12.1. The molecule has 1 aromatic rings. The number of likely N-dealkylation sites (tertiary alicyclic amines) is 2. The molecule has 1 amide bonds. The van der Waals surface area contributed by atoms with Gasteiger partial charge in [-0.25, -0.2) is 0 Å². The highest BCUT2D eigenvalue weighted by Gasteiger charge is 2.50. The lowest BCUT2D eigenvalue weighted by Gasteiger charge is -2.52. The molecule has 1 aromatic carbocycles. The van der Waals surface area contributed by atoms with Gasteiger partial charge in [-0.3, -0.25) is 9.69 Å². The van der Waals surface area contributed by atoms with Crippen molar-refractivity contribution in [3.8, 4) is 0 Å². The van der Waals surface area contributed by atoms with Crippen molar-refractivity contribution in [1.29, 1.82) is 0 Å². The number of nitrogens with zero attached hydrogens (tertiary/aromatic N) is 2. The van der Waals surface area contributed by atoms with Crippen LogP contribution in [0.4, 0.5) is 0 Å². The van der Waals surface area contributed by atoms with Crippen LogP contribution in [0.25, 0.3) is 0 Å². The zero-order chi connectivity index (χ0) is 21.0. The Morgan fingerprint density at radius 1 is 1.16 bits per heavy atom. The molecule has 3 unspecified atom stereocenters. The minimum absolute atomic E-state index is 0. The summed E-state index contributed by atoms with van der Waals surface area (Å²) in [7, 11) is 0. The number of halogens is 2. The van der Waals surface area contributed by atoms with E-state index in [-0.39, 0.29) is 30.0 Å². The Morgan fingerprint density at radius 2 is 1.97 bits per heavy atom. The molecule has 1 aliphatic carbocycles. The fourth-order valence-electron chi connectivity index (χ4n) is 6.47. The van der Waals surface area contributed by atoms with E-state index in [9.17, 15) is 4.79 Å². The van der Waals surface area contributed by atoms with Crippen molar-refractivity contribution in [2.45, 2.75) is 62.3 Å². The number of fused-ring (bicyclic) bond motifs is 1. The summed E-state index contributed by atoms with van der Waals surface area (Å²) < 4.78 is 12.5. The zero-order valence-electron chi connectivity index (χ0n) is 18.6. The molecule has 0 N–H and O–H groups in total. The summed E-state index contributed by atoms with van der Waals surface area (Å²) >= 11 is 6.00. The van der Waals surface area contributed by atoms with Crippen LogP contribution in [0.2, 0.25) is 5.02 Å². The smallest absolute Gasteiger partial charge is 0.226 e. The number of benzene rings is 1. The van der Waals surface area contributed by atoms with Gasteiger partial charge in [0.15, 0.2) is 0 Å². The Labute approximate surface area is 202 Å². The second-order valence-electron chi connectivity index (χ2n) is 10.5. The second-order valence-corrected chi connectivity index (χ2v) is 11.0. The first-order valence-corrected chi connectivity index (χ1v) is 12.5. The molecule has 4 saturated heterocycles. The van der Waals surface area contributed by atoms with Crippen molar-refractivity contribution in [3.63, 3.8) is 0 Å². The van der Waals surface area contributed by atoms with Gasteiger partial charge >= 0.3 is 0 Å². The highest BCUT2D eigenvalue weighted by Crippen LogP contribution is 2.49. The van der Waals surface area contributed by atoms with Crippen molar-refractivity contribution < 1.29 is 14.3 Å². The molecule has 0 radical (unpaired) electrons. The van der Waals surface area contributed by atoms with Crippen LogP contribution in [0.5, 0.6) is 0 Å². The van der Waals surface area contributed by atoms with Crippen molar-refractivity contribution in [1.82, 2.24) is 9.80 Å². The molecule has 4 heterocycles. The van der Waals surface area contributed by atoms with Gasteiger partial charge in [0.2, 0.25) is 5.91 Å². The maximum absolute atomic E-state index is 13.1. The van der Waals surface area contributed by atoms with Gasteiger partial charge < -0.3 is 14.4 Å². The van der Waals surface area contributed by atoms with Crippen LogP contribution in [-0.4, -0.2) is 72.8 Å². The Morgan fingerprint density at radius 3 is 2.72 bits per heavy atom. The third-order valence-corrected chi connectivity index (χ3v) is 8.52. The van der Waals surface area contributed by atoms with Crippen LogP contribution >= 0.6 is 24.0 Å². The minimum atomic E-state index is 0. The lowest BCUT2D eigenvalue weighted by Crippen LogP contribution is -2.65. The summed E-state index contributed by atoms with van der Waals surface area (Å²) in [5, 5.41) is 0.752. The van der Waals surface area contributed by atoms with Gasteiger partial charge in [0, 0.05) is 50.3 Å². The van der Waals surface area contributed by atoms with E-state index >= 15 is 0 Å². The van der Waals surface area contributed by atoms with E-state index in [4.69, 9.17) is 21.1 Å². The van der Waals surface area contributed by atoms with Gasteiger partial charge in [-0.1, -0.05) is 23.7 Å². The molecule has 0 aromatic heterocycles. The fourth-order valence-corrected chi connectivity index (χ4v) is 6.60. The lowest BCUT2D eigenvalue weighted by atomic mass is 9.85. The van der Waals surface area contributed by atoms with Gasteiger partial charge in [0.1, 0.15) is 0 Å². The minimum Gasteiger partial charge on any atom is -0.372 e. The van der Waals surface area contributed by atoms with Crippen LogP contribution in [0.15, 0.2) is 24.3 Å². The average Bonchev–Trinajstić information content (AvgIpc) is 3.45. The van der Waals surface area contributed by atoms with Crippen LogP contribution in [0.1, 0.15) is 50.0 Å². The van der Waals surface area contributed by atoms with Crippen LogP contribution < -0.4 is 0 Å². The molecule has 1 saturated carbocycles. The number of carbonyl (C=O) groups excluding carboxylic acids is 1. The molecule has 176 valence electrons. The van der Waals surface area contributed by atoms with Crippen molar-refractivity contribution in [2.24, 2.45) is 11.8 Å². The number of piperidine rings is 1. The number of carbonyl (C=O) groups is 1. The largest absolute Gasteiger partial charge is 0.372 e. The van der Waals surface area contributed by atoms with E-state index in [1.165, 1.54) is 24.8 Å². The number of amides is 1. The molecule has 5 atom stereocenters. The predicted molar refractivity (Wildman–Crippen MR) is 126 cm³/mol. The summed E-state index contributed by atoms with van der Waals surface area (Å²) in [6, 6.07) is 7.98. The topological polar surface area (TPSA) is 42.0 Å². The normalized spacial score (nSPS) is 35.7. The van der Waals surface area contributed by atoms with Gasteiger partial charge in [-0.2, -0.15) is 0 Å². The number of hydrogen-bond donors (Lipinski definition) is 0. The summed E-state index contributed by atoms with van der Waals surface area (Å²) in [5.74, 6) is 1.44. The van der Waals surface area contributed by atoms with E-state index in [0.717, 1.165) is 63.6 Å². The summed E-state index contributed by atoms with van der Waals surface area (Å²) in [6.07, 6.45) is 7.47. The fraction of sp³-hybridized carbons (Fsp3) is 0.720. The van der Waals surface area contributed by atoms with Crippen LogP contribution in [0.3, 0.4) is 0 Å². The molecule has 32 heavy (non-hydrogen) atoms. The number of rotatable bonds is 4. The van der Waals surface area contributed by atoms with E-state index in [0.29, 0.717) is 23.8 Å². The first kappa shape index (κ1) is 22.9. The van der Waals surface area contributed by atoms with Crippen LogP contribution in [-0.2, 0) is 14.3 Å². The number of ether oxygens (including phenoxy) is 2. The zero-order valence-corrected chi connectivity index (χ0v) is 20.2. The average molecular weight is 481 g/mol. The van der Waals surface area contributed by atoms with Crippen molar-refractivity contribution in [3.05, 3.63) is 34.9 Å². The molecular formula is C25H34Cl2N2O3. The monoisotopic (exact) mass is 480 g/mol. The Kier molecular flexibility index (Phi) is 6.50. The Bertz CT molecular complexity index is 821. The molecular weight excluding hydrogens is 447 g/mol. The molecule has 6 rings (SSSR count). The third kappa shape index (κ3) is 4.44. The molecule has 5 fully saturated rings. The van der Waals surface area contributed by atoms with E-state index < -0.39 is 0 Å². The van der Waals surface area contributed by atoms with Crippen molar-refractivity contribution >= 4 is 29.9 Å². The van der Waals surface area contributed by atoms with Crippen molar-refractivity contribution in [2.75, 3.05) is 39.3 Å². The highest BCUT2D eigenvalue weighted by atomic mass is 35.5. The quantitative estimate of drug-likeness (QED) is 0.649. The molecule has 0 bridgehead atoms. The molecule has 5 aliphatic rings. The molecule has 4 aliphatic heterocycles. The second kappa shape index (κ2) is 9.07. The van der Waals surface area contributed by atoms with Crippen LogP contribution in [0, 0.1) is 11.8 Å². The highest BCUT2D eigenvalue weighted by molar-refractivity contribution is 6.30. The lowest BCUT2D eigenvalue weighted by molar-refractivity contribution is -0.173. The first-order chi connectivity index (χ1) is 15.1. The summed E-state index contributed by atoms with van der Waals surface area (Å²) in [6.45, 7) is 5.76. The summed E-state index contributed by atoms with van der Waals surface area (Å²) in [5.41, 5.74) is 1.39. The summed E-state index contributed by atoms with van der Waals surface area (Å²) in [4.78, 5) is 17.7. The maximum atomic E-state index is 13.1. The SMILES string of the molecule is Cl.O=C(C1CC1c1ccc(Cl)cc1)N1CC[C@H]2CC(CN3CC4(CCCCO4)C3)O[C@H]2C1. The van der Waals surface area contributed by atoms with Gasteiger partial charge in [-0.05, 0) is 68.1 Å². The van der Waals surface area contributed by atoms with E-state index in [2.05, 4.69) is 21.9 Å². The molecule has 5 nitrogen and oxygen atoms in total. The van der Waals surface area contributed by atoms with E-state index in [1.54, 1.807) is 0 Å². The maximum Gasteiger partial charge on any atom is 0.226 e.